The van der Waals surface area contributed by atoms with Gasteiger partial charge in [0.2, 0.25) is 5.95 Å². The number of nitrogens with zero attached hydrogens (tertiary/aromatic N) is 6. The number of nitrogens with one attached hydrogen (secondary N) is 1. The first-order valence-corrected chi connectivity index (χ1v) is 5.71. The second-order valence-electron chi connectivity index (χ2n) is 3.96. The molecule has 1 aliphatic carbocycles. The Balaban J connectivity index is 2.01. The molecule has 7 heteroatoms. The maximum atomic E-state index is 4.42. The SMILES string of the molecule is CCNc1nc(C2CC2)nc(-n2cncn2)n1. The zero-order valence-electron chi connectivity index (χ0n) is 9.54. The van der Waals surface area contributed by atoms with E-state index >= 15 is 0 Å². The van der Waals surface area contributed by atoms with E-state index in [0.29, 0.717) is 17.8 Å². The summed E-state index contributed by atoms with van der Waals surface area (Å²) in [5, 5.41) is 7.14. The van der Waals surface area contributed by atoms with E-state index < -0.39 is 0 Å². The Hall–Kier alpha value is -2.05. The summed E-state index contributed by atoms with van der Waals surface area (Å²) in [6.07, 6.45) is 5.37. The van der Waals surface area contributed by atoms with Crippen LogP contribution in [-0.2, 0) is 0 Å². The van der Waals surface area contributed by atoms with Crippen molar-refractivity contribution in [2.45, 2.75) is 25.7 Å². The van der Waals surface area contributed by atoms with Crippen LogP contribution in [0.3, 0.4) is 0 Å². The van der Waals surface area contributed by atoms with Gasteiger partial charge in [-0.15, -0.1) is 0 Å². The Morgan fingerprint density at radius 3 is 2.88 bits per heavy atom. The zero-order valence-corrected chi connectivity index (χ0v) is 9.54. The van der Waals surface area contributed by atoms with Crippen LogP contribution in [-0.4, -0.2) is 36.3 Å². The van der Waals surface area contributed by atoms with Crippen molar-refractivity contribution in [3.63, 3.8) is 0 Å². The van der Waals surface area contributed by atoms with Gasteiger partial charge >= 0.3 is 0 Å². The standard InChI is InChI=1S/C10H13N7/c1-2-12-9-14-8(7-3-4-7)15-10(16-9)17-6-11-5-13-17/h5-7H,2-4H2,1H3,(H,12,14,15,16). The van der Waals surface area contributed by atoms with Gasteiger partial charge in [0.15, 0.2) is 0 Å². The van der Waals surface area contributed by atoms with E-state index in [0.717, 1.165) is 25.2 Å². The van der Waals surface area contributed by atoms with E-state index in [1.165, 1.54) is 6.33 Å². The lowest BCUT2D eigenvalue weighted by molar-refractivity contribution is 0.765. The normalized spacial score (nSPS) is 14.9. The second kappa shape index (κ2) is 4.08. The van der Waals surface area contributed by atoms with Gasteiger partial charge in [-0.1, -0.05) is 0 Å². The molecule has 1 aliphatic rings. The van der Waals surface area contributed by atoms with Gasteiger partial charge in [-0.2, -0.15) is 24.7 Å². The van der Waals surface area contributed by atoms with Crippen LogP contribution in [0.15, 0.2) is 12.7 Å². The summed E-state index contributed by atoms with van der Waals surface area (Å²) in [5.41, 5.74) is 0. The van der Waals surface area contributed by atoms with Gasteiger partial charge in [-0.3, -0.25) is 0 Å². The molecule has 0 atom stereocenters. The molecule has 88 valence electrons. The largest absolute Gasteiger partial charge is 0.354 e. The van der Waals surface area contributed by atoms with Crippen LogP contribution >= 0.6 is 0 Å². The van der Waals surface area contributed by atoms with Crippen molar-refractivity contribution in [1.29, 1.82) is 0 Å². The third-order valence-corrected chi connectivity index (χ3v) is 2.54. The predicted molar refractivity (Wildman–Crippen MR) is 60.9 cm³/mol. The Morgan fingerprint density at radius 1 is 1.35 bits per heavy atom. The van der Waals surface area contributed by atoms with E-state index in [1.807, 2.05) is 6.92 Å². The molecule has 1 saturated carbocycles. The lowest BCUT2D eigenvalue weighted by Gasteiger charge is -2.06. The third kappa shape index (κ3) is 2.08. The number of aromatic nitrogens is 6. The van der Waals surface area contributed by atoms with Crippen molar-refractivity contribution < 1.29 is 0 Å². The van der Waals surface area contributed by atoms with Crippen LogP contribution < -0.4 is 5.32 Å². The minimum absolute atomic E-state index is 0.484. The Kier molecular flexibility index (Phi) is 2.43. The van der Waals surface area contributed by atoms with E-state index in [1.54, 1.807) is 11.0 Å². The first-order valence-electron chi connectivity index (χ1n) is 5.71. The van der Waals surface area contributed by atoms with Crippen LogP contribution in [0.4, 0.5) is 5.95 Å². The number of anilines is 1. The van der Waals surface area contributed by atoms with E-state index in [2.05, 4.69) is 30.4 Å². The van der Waals surface area contributed by atoms with Crippen LogP contribution in [0.25, 0.3) is 5.95 Å². The summed E-state index contributed by atoms with van der Waals surface area (Å²) >= 11 is 0. The van der Waals surface area contributed by atoms with Gasteiger partial charge in [0.25, 0.3) is 5.95 Å². The summed E-state index contributed by atoms with van der Waals surface area (Å²) in [4.78, 5) is 17.0. The molecule has 1 fully saturated rings. The first-order chi connectivity index (χ1) is 8.36. The molecule has 17 heavy (non-hydrogen) atoms. The lowest BCUT2D eigenvalue weighted by atomic mass is 10.4. The van der Waals surface area contributed by atoms with Crippen molar-refractivity contribution >= 4 is 5.95 Å². The molecule has 0 aromatic carbocycles. The highest BCUT2D eigenvalue weighted by Gasteiger charge is 2.28. The van der Waals surface area contributed by atoms with Crippen molar-refractivity contribution in [2.24, 2.45) is 0 Å². The molecule has 2 heterocycles. The fourth-order valence-electron chi connectivity index (χ4n) is 1.56. The average molecular weight is 231 g/mol. The minimum Gasteiger partial charge on any atom is -0.354 e. The average Bonchev–Trinajstić information content (AvgIpc) is 3.05. The quantitative estimate of drug-likeness (QED) is 0.836. The minimum atomic E-state index is 0.484. The van der Waals surface area contributed by atoms with Crippen molar-refractivity contribution in [1.82, 2.24) is 29.7 Å². The van der Waals surface area contributed by atoms with E-state index in [9.17, 15) is 0 Å². The van der Waals surface area contributed by atoms with E-state index in [-0.39, 0.29) is 0 Å². The fraction of sp³-hybridized carbons (Fsp3) is 0.500. The highest BCUT2D eigenvalue weighted by molar-refractivity contribution is 5.29. The molecular formula is C10H13N7. The smallest absolute Gasteiger partial charge is 0.257 e. The van der Waals surface area contributed by atoms with Crippen LogP contribution in [0.2, 0.25) is 0 Å². The molecule has 7 nitrogen and oxygen atoms in total. The molecule has 0 amide bonds. The third-order valence-electron chi connectivity index (χ3n) is 2.54. The molecule has 0 radical (unpaired) electrons. The Bertz CT molecular complexity index is 503. The van der Waals surface area contributed by atoms with Gasteiger partial charge in [-0.25, -0.2) is 4.98 Å². The first kappa shape index (κ1) is 10.1. The molecule has 0 aliphatic heterocycles. The topological polar surface area (TPSA) is 81.4 Å². The summed E-state index contributed by atoms with van der Waals surface area (Å²) in [6.45, 7) is 2.79. The maximum absolute atomic E-state index is 4.42. The lowest BCUT2D eigenvalue weighted by Crippen LogP contribution is -2.11. The van der Waals surface area contributed by atoms with Crippen LogP contribution in [0.5, 0.6) is 0 Å². The van der Waals surface area contributed by atoms with Gasteiger partial charge in [0.05, 0.1) is 0 Å². The van der Waals surface area contributed by atoms with Gasteiger partial charge in [-0.05, 0) is 19.8 Å². The van der Waals surface area contributed by atoms with E-state index in [4.69, 9.17) is 0 Å². The maximum Gasteiger partial charge on any atom is 0.257 e. The van der Waals surface area contributed by atoms with Crippen molar-refractivity contribution in [2.75, 3.05) is 11.9 Å². The number of hydrogen-bond donors (Lipinski definition) is 1. The van der Waals surface area contributed by atoms with Gasteiger partial charge < -0.3 is 5.32 Å². The van der Waals surface area contributed by atoms with Crippen LogP contribution in [0, 0.1) is 0 Å². The number of hydrogen-bond acceptors (Lipinski definition) is 6. The zero-order chi connectivity index (χ0) is 11.7. The fourth-order valence-corrected chi connectivity index (χ4v) is 1.56. The molecular weight excluding hydrogens is 218 g/mol. The van der Waals surface area contributed by atoms with Crippen molar-refractivity contribution in [3.05, 3.63) is 18.5 Å². The summed E-state index contributed by atoms with van der Waals surface area (Å²) in [6, 6.07) is 0. The summed E-state index contributed by atoms with van der Waals surface area (Å²) < 4.78 is 1.55. The summed E-state index contributed by atoms with van der Waals surface area (Å²) in [5.74, 6) is 2.46. The Morgan fingerprint density at radius 2 is 2.24 bits per heavy atom. The molecule has 2 aromatic rings. The number of rotatable bonds is 4. The second-order valence-corrected chi connectivity index (χ2v) is 3.96. The van der Waals surface area contributed by atoms with Gasteiger partial charge in [0.1, 0.15) is 18.5 Å². The van der Waals surface area contributed by atoms with Gasteiger partial charge in [0, 0.05) is 12.5 Å². The molecule has 1 N–H and O–H groups in total. The molecule has 0 bridgehead atoms. The van der Waals surface area contributed by atoms with Crippen LogP contribution in [0.1, 0.15) is 31.5 Å². The molecule has 0 spiro atoms. The molecule has 0 unspecified atom stereocenters. The predicted octanol–water partition coefficient (Wildman–Crippen LogP) is 0.761. The monoisotopic (exact) mass is 231 g/mol. The molecule has 0 saturated heterocycles. The molecule has 2 aromatic heterocycles. The molecule has 3 rings (SSSR count). The van der Waals surface area contributed by atoms with Crippen molar-refractivity contribution in [3.8, 4) is 5.95 Å². The summed E-state index contributed by atoms with van der Waals surface area (Å²) in [7, 11) is 0. The Labute approximate surface area is 98.3 Å². The highest BCUT2D eigenvalue weighted by Crippen LogP contribution is 2.38. The highest BCUT2D eigenvalue weighted by atomic mass is 15.4.